The SMILES string of the molecule is Fc1cc2c(cc1-c1cc(F)c(F)c(F)c1)CCC(S)C2. The van der Waals surface area contributed by atoms with Crippen molar-refractivity contribution < 1.29 is 17.6 Å². The summed E-state index contributed by atoms with van der Waals surface area (Å²) in [7, 11) is 0. The second kappa shape index (κ2) is 5.37. The molecule has 0 saturated carbocycles. The molecule has 0 N–H and O–H groups in total. The molecule has 110 valence electrons. The van der Waals surface area contributed by atoms with Crippen LogP contribution in [0.1, 0.15) is 17.5 Å². The highest BCUT2D eigenvalue weighted by atomic mass is 32.1. The first-order valence-corrected chi connectivity index (χ1v) is 7.11. The lowest BCUT2D eigenvalue weighted by Gasteiger charge is -2.22. The lowest BCUT2D eigenvalue weighted by molar-refractivity contribution is 0.447. The molecule has 1 aliphatic rings. The number of thiol groups is 1. The zero-order valence-electron chi connectivity index (χ0n) is 11.0. The fraction of sp³-hybridized carbons (Fsp3) is 0.250. The number of rotatable bonds is 1. The summed E-state index contributed by atoms with van der Waals surface area (Å²) in [6.07, 6.45) is 2.28. The van der Waals surface area contributed by atoms with Crippen LogP contribution in [0.3, 0.4) is 0 Å². The Labute approximate surface area is 125 Å². The van der Waals surface area contributed by atoms with Gasteiger partial charge in [0.1, 0.15) is 5.82 Å². The van der Waals surface area contributed by atoms with Gasteiger partial charge in [0.15, 0.2) is 17.5 Å². The van der Waals surface area contributed by atoms with Crippen molar-refractivity contribution >= 4 is 12.6 Å². The van der Waals surface area contributed by atoms with Gasteiger partial charge in [0.25, 0.3) is 0 Å². The Morgan fingerprint density at radius 2 is 1.52 bits per heavy atom. The first-order chi connectivity index (χ1) is 9.95. The van der Waals surface area contributed by atoms with Crippen molar-refractivity contribution in [3.63, 3.8) is 0 Å². The van der Waals surface area contributed by atoms with Crippen molar-refractivity contribution in [1.29, 1.82) is 0 Å². The molecule has 0 heterocycles. The first-order valence-electron chi connectivity index (χ1n) is 6.60. The maximum absolute atomic E-state index is 14.2. The Bertz CT molecular complexity index is 689. The average molecular weight is 312 g/mol. The third-order valence-corrected chi connectivity index (χ3v) is 4.23. The van der Waals surface area contributed by atoms with Crippen molar-refractivity contribution in [1.82, 2.24) is 0 Å². The molecule has 0 amide bonds. The summed E-state index contributed by atoms with van der Waals surface area (Å²) in [5, 5.41) is 0.198. The maximum atomic E-state index is 14.2. The third-order valence-electron chi connectivity index (χ3n) is 3.79. The van der Waals surface area contributed by atoms with E-state index >= 15 is 0 Å². The van der Waals surface area contributed by atoms with Crippen LogP contribution >= 0.6 is 12.6 Å². The molecule has 5 heteroatoms. The predicted octanol–water partition coefficient (Wildman–Crippen LogP) is 4.70. The average Bonchev–Trinajstić information content (AvgIpc) is 2.43. The molecule has 0 aliphatic heterocycles. The van der Waals surface area contributed by atoms with Crippen molar-refractivity contribution in [2.75, 3.05) is 0 Å². The van der Waals surface area contributed by atoms with Crippen LogP contribution in [0.5, 0.6) is 0 Å². The maximum Gasteiger partial charge on any atom is 0.194 e. The summed E-state index contributed by atoms with van der Waals surface area (Å²) >= 11 is 4.39. The molecule has 3 rings (SSSR count). The highest BCUT2D eigenvalue weighted by Gasteiger charge is 2.20. The van der Waals surface area contributed by atoms with Crippen LogP contribution in [0, 0.1) is 23.3 Å². The topological polar surface area (TPSA) is 0 Å². The van der Waals surface area contributed by atoms with Crippen LogP contribution in [0.2, 0.25) is 0 Å². The fourth-order valence-electron chi connectivity index (χ4n) is 2.69. The largest absolute Gasteiger partial charge is 0.206 e. The lowest BCUT2D eigenvalue weighted by atomic mass is 9.88. The van der Waals surface area contributed by atoms with Gasteiger partial charge < -0.3 is 0 Å². The third kappa shape index (κ3) is 2.67. The lowest BCUT2D eigenvalue weighted by Crippen LogP contribution is -2.14. The highest BCUT2D eigenvalue weighted by Crippen LogP contribution is 2.32. The van der Waals surface area contributed by atoms with Crippen molar-refractivity contribution in [2.45, 2.75) is 24.5 Å². The predicted molar refractivity (Wildman–Crippen MR) is 76.5 cm³/mol. The van der Waals surface area contributed by atoms with Gasteiger partial charge in [0, 0.05) is 10.8 Å². The molecule has 0 radical (unpaired) electrons. The van der Waals surface area contributed by atoms with Gasteiger partial charge in [-0.2, -0.15) is 12.6 Å². The van der Waals surface area contributed by atoms with E-state index in [1.54, 1.807) is 6.07 Å². The second-order valence-corrected chi connectivity index (χ2v) is 5.98. The van der Waals surface area contributed by atoms with Gasteiger partial charge in [0.2, 0.25) is 0 Å². The normalized spacial score (nSPS) is 17.7. The first kappa shape index (κ1) is 14.4. The summed E-state index contributed by atoms with van der Waals surface area (Å²) in [6, 6.07) is 4.60. The van der Waals surface area contributed by atoms with Crippen LogP contribution in [-0.2, 0) is 12.8 Å². The molecule has 0 fully saturated rings. The number of halogens is 4. The Morgan fingerprint density at radius 3 is 2.19 bits per heavy atom. The number of benzene rings is 2. The summed E-state index contributed by atoms with van der Waals surface area (Å²) in [6.45, 7) is 0. The van der Waals surface area contributed by atoms with Crippen molar-refractivity contribution in [3.8, 4) is 11.1 Å². The molecule has 2 aromatic rings. The molecule has 0 saturated heterocycles. The summed E-state index contributed by atoms with van der Waals surface area (Å²) < 4.78 is 53.8. The van der Waals surface area contributed by atoms with Gasteiger partial charge in [-0.1, -0.05) is 0 Å². The molecule has 1 atom stereocenters. The zero-order chi connectivity index (χ0) is 15.1. The van der Waals surface area contributed by atoms with Crippen molar-refractivity contribution in [2.24, 2.45) is 0 Å². The fourth-order valence-corrected chi connectivity index (χ4v) is 3.02. The molecule has 0 nitrogen and oxygen atoms in total. The Hall–Kier alpha value is -1.49. The van der Waals surface area contributed by atoms with E-state index in [4.69, 9.17) is 0 Å². The standard InChI is InChI=1S/C16H12F4S/c17-13-5-9-3-11(21)2-1-8(9)4-12(13)10-6-14(18)16(20)15(19)7-10/h4-7,11,21H,1-3H2. The summed E-state index contributed by atoms with van der Waals surface area (Å²) in [5.74, 6) is -4.76. The molecule has 2 aromatic carbocycles. The molecule has 21 heavy (non-hydrogen) atoms. The van der Waals surface area contributed by atoms with Crippen LogP contribution in [0.25, 0.3) is 11.1 Å². The van der Waals surface area contributed by atoms with Crippen molar-refractivity contribution in [3.05, 3.63) is 58.7 Å². The zero-order valence-corrected chi connectivity index (χ0v) is 11.9. The Morgan fingerprint density at radius 1 is 0.857 bits per heavy atom. The minimum atomic E-state index is -1.55. The molecule has 0 bridgehead atoms. The van der Waals surface area contributed by atoms with E-state index in [1.165, 1.54) is 6.07 Å². The van der Waals surface area contributed by atoms with E-state index in [0.717, 1.165) is 36.1 Å². The van der Waals surface area contributed by atoms with E-state index in [2.05, 4.69) is 12.6 Å². The quantitative estimate of drug-likeness (QED) is 0.440. The Balaban J connectivity index is 2.11. The van der Waals surface area contributed by atoms with E-state index in [1.807, 2.05) is 0 Å². The van der Waals surface area contributed by atoms with Gasteiger partial charge in [-0.3, -0.25) is 0 Å². The Kier molecular flexibility index (Phi) is 3.69. The number of fused-ring (bicyclic) bond motifs is 1. The molecule has 1 unspecified atom stereocenters. The molecule has 0 aromatic heterocycles. The van der Waals surface area contributed by atoms with Crippen LogP contribution in [0.4, 0.5) is 17.6 Å². The number of hydrogen-bond acceptors (Lipinski definition) is 1. The summed E-state index contributed by atoms with van der Waals surface area (Å²) in [5.41, 5.74) is 1.90. The van der Waals surface area contributed by atoms with Gasteiger partial charge in [-0.25, -0.2) is 17.6 Å². The van der Waals surface area contributed by atoms with Gasteiger partial charge in [0.05, 0.1) is 0 Å². The van der Waals surface area contributed by atoms with Gasteiger partial charge in [-0.05, 0) is 60.2 Å². The minimum absolute atomic E-state index is 0.000281. The van der Waals surface area contributed by atoms with E-state index in [9.17, 15) is 17.6 Å². The second-order valence-electron chi connectivity index (χ2n) is 5.25. The van der Waals surface area contributed by atoms with Crippen LogP contribution in [-0.4, -0.2) is 5.25 Å². The number of aryl methyl sites for hydroxylation is 1. The smallest absolute Gasteiger partial charge is 0.194 e. The number of hydrogen-bond donors (Lipinski definition) is 1. The molecule has 0 spiro atoms. The minimum Gasteiger partial charge on any atom is -0.206 e. The van der Waals surface area contributed by atoms with Gasteiger partial charge >= 0.3 is 0 Å². The van der Waals surface area contributed by atoms with Crippen LogP contribution in [0.15, 0.2) is 24.3 Å². The van der Waals surface area contributed by atoms with E-state index < -0.39 is 23.3 Å². The van der Waals surface area contributed by atoms with Gasteiger partial charge in [-0.15, -0.1) is 0 Å². The summed E-state index contributed by atoms with van der Waals surface area (Å²) in [4.78, 5) is 0. The molecule has 1 aliphatic carbocycles. The highest BCUT2D eigenvalue weighted by molar-refractivity contribution is 7.80. The molecular formula is C16H12F4S. The van der Waals surface area contributed by atoms with Crippen LogP contribution < -0.4 is 0 Å². The van der Waals surface area contributed by atoms with E-state index in [-0.39, 0.29) is 16.4 Å². The van der Waals surface area contributed by atoms with E-state index in [0.29, 0.717) is 6.42 Å². The molecular weight excluding hydrogens is 300 g/mol. The monoisotopic (exact) mass is 312 g/mol.